The molecule has 144 valence electrons. The van der Waals surface area contributed by atoms with Gasteiger partial charge in [-0.25, -0.2) is 22.6 Å². The van der Waals surface area contributed by atoms with Crippen molar-refractivity contribution in [1.29, 1.82) is 0 Å². The number of fused-ring (bicyclic) bond motifs is 1. The molecule has 1 saturated heterocycles. The van der Waals surface area contributed by atoms with E-state index in [4.69, 9.17) is 0 Å². The predicted octanol–water partition coefficient (Wildman–Crippen LogP) is 2.01. The third kappa shape index (κ3) is 3.15. The highest BCUT2D eigenvalue weighted by molar-refractivity contribution is 5.80. The summed E-state index contributed by atoms with van der Waals surface area (Å²) in [5, 5.41) is 4.21. The minimum absolute atomic E-state index is 0.0888. The standard InChI is InChI=1S/C18H19F3N4O2/c19-12-9-14(21)13(20)8-11(12)10-24-18(27)25-15(4-3-5-16(25)22-24)17(26)23-6-1-2-7-23/h8-9,15H,1-7,10H2. The van der Waals surface area contributed by atoms with E-state index in [1.54, 1.807) is 4.90 Å². The maximum atomic E-state index is 13.9. The molecular formula is C18H19F3N4O2. The third-order valence-electron chi connectivity index (χ3n) is 5.24. The fourth-order valence-corrected chi connectivity index (χ4v) is 3.86. The number of halogens is 3. The number of carbonyl (C=O) groups excluding carboxylic acids is 1. The molecule has 1 aromatic heterocycles. The summed E-state index contributed by atoms with van der Waals surface area (Å²) in [5.41, 5.74) is -0.708. The van der Waals surface area contributed by atoms with Gasteiger partial charge in [-0.2, -0.15) is 5.10 Å². The van der Waals surface area contributed by atoms with Gasteiger partial charge >= 0.3 is 5.69 Å². The van der Waals surface area contributed by atoms with E-state index in [1.165, 1.54) is 4.57 Å². The van der Waals surface area contributed by atoms with Crippen molar-refractivity contribution in [3.63, 3.8) is 0 Å². The van der Waals surface area contributed by atoms with Gasteiger partial charge in [-0.05, 0) is 31.7 Å². The highest BCUT2D eigenvalue weighted by Crippen LogP contribution is 2.25. The molecule has 0 bridgehead atoms. The summed E-state index contributed by atoms with van der Waals surface area (Å²) in [7, 11) is 0. The molecule has 1 unspecified atom stereocenters. The number of nitrogens with zero attached hydrogens (tertiary/aromatic N) is 4. The Labute approximate surface area is 153 Å². The van der Waals surface area contributed by atoms with Crippen LogP contribution in [0.5, 0.6) is 0 Å². The first-order chi connectivity index (χ1) is 13.0. The fourth-order valence-electron chi connectivity index (χ4n) is 3.86. The Hall–Kier alpha value is -2.58. The van der Waals surface area contributed by atoms with Gasteiger partial charge in [0.05, 0.1) is 6.54 Å². The van der Waals surface area contributed by atoms with Crippen LogP contribution in [0.25, 0.3) is 0 Å². The van der Waals surface area contributed by atoms with E-state index in [-0.39, 0.29) is 18.0 Å². The van der Waals surface area contributed by atoms with Crippen molar-refractivity contribution < 1.29 is 18.0 Å². The Morgan fingerprint density at radius 1 is 1.07 bits per heavy atom. The minimum Gasteiger partial charge on any atom is -0.341 e. The molecule has 0 radical (unpaired) electrons. The van der Waals surface area contributed by atoms with Gasteiger partial charge < -0.3 is 4.90 Å². The number of hydrogen-bond acceptors (Lipinski definition) is 3. The van der Waals surface area contributed by atoms with Crippen LogP contribution in [-0.4, -0.2) is 38.2 Å². The second kappa shape index (κ2) is 6.86. The SMILES string of the molecule is O=C(C1CCCc2nn(Cc3cc(F)c(F)cc3F)c(=O)n21)N1CCCC1. The molecule has 0 N–H and O–H groups in total. The summed E-state index contributed by atoms with van der Waals surface area (Å²) < 4.78 is 42.8. The van der Waals surface area contributed by atoms with Crippen LogP contribution >= 0.6 is 0 Å². The third-order valence-corrected chi connectivity index (χ3v) is 5.24. The summed E-state index contributed by atoms with van der Waals surface area (Å²) >= 11 is 0. The van der Waals surface area contributed by atoms with E-state index in [2.05, 4.69) is 5.10 Å². The fraction of sp³-hybridized carbons (Fsp3) is 0.500. The van der Waals surface area contributed by atoms with Crippen LogP contribution < -0.4 is 5.69 Å². The molecule has 0 spiro atoms. The van der Waals surface area contributed by atoms with Crippen molar-refractivity contribution in [2.24, 2.45) is 0 Å². The van der Waals surface area contributed by atoms with Crippen molar-refractivity contribution in [3.05, 3.63) is 51.5 Å². The molecule has 3 heterocycles. The van der Waals surface area contributed by atoms with Gasteiger partial charge in [-0.1, -0.05) is 0 Å². The Kier molecular flexibility index (Phi) is 4.53. The first-order valence-corrected chi connectivity index (χ1v) is 9.06. The van der Waals surface area contributed by atoms with Crippen LogP contribution in [0, 0.1) is 17.5 Å². The van der Waals surface area contributed by atoms with Crippen LogP contribution in [0.15, 0.2) is 16.9 Å². The summed E-state index contributed by atoms with van der Waals surface area (Å²) in [5.74, 6) is -3.05. The first-order valence-electron chi connectivity index (χ1n) is 9.06. The zero-order valence-electron chi connectivity index (χ0n) is 14.6. The van der Waals surface area contributed by atoms with Crippen molar-refractivity contribution in [2.45, 2.75) is 44.7 Å². The molecule has 2 aliphatic rings. The zero-order valence-corrected chi connectivity index (χ0v) is 14.6. The average molecular weight is 380 g/mol. The Morgan fingerprint density at radius 2 is 1.78 bits per heavy atom. The van der Waals surface area contributed by atoms with Crippen LogP contribution in [0.3, 0.4) is 0 Å². The number of aryl methyl sites for hydroxylation is 1. The first kappa shape index (κ1) is 17.8. The number of rotatable bonds is 3. The highest BCUT2D eigenvalue weighted by atomic mass is 19.2. The number of likely N-dealkylation sites (tertiary alicyclic amines) is 1. The Balaban J connectivity index is 1.67. The van der Waals surface area contributed by atoms with Gasteiger partial charge in [0.25, 0.3) is 0 Å². The lowest BCUT2D eigenvalue weighted by molar-refractivity contribution is -0.134. The summed E-state index contributed by atoms with van der Waals surface area (Å²) in [6.45, 7) is 1.05. The lowest BCUT2D eigenvalue weighted by atomic mass is 10.0. The number of carbonyl (C=O) groups is 1. The summed E-state index contributed by atoms with van der Waals surface area (Å²) in [4.78, 5) is 27.4. The largest absolute Gasteiger partial charge is 0.346 e. The van der Waals surface area contributed by atoms with E-state index >= 15 is 0 Å². The topological polar surface area (TPSA) is 60.1 Å². The van der Waals surface area contributed by atoms with Gasteiger partial charge in [0, 0.05) is 31.1 Å². The molecule has 0 saturated carbocycles. The van der Waals surface area contributed by atoms with Gasteiger partial charge in [0.15, 0.2) is 11.6 Å². The molecule has 27 heavy (non-hydrogen) atoms. The van der Waals surface area contributed by atoms with Crippen LogP contribution in [0.4, 0.5) is 13.2 Å². The maximum Gasteiger partial charge on any atom is 0.346 e. The zero-order chi connectivity index (χ0) is 19.1. The second-order valence-corrected chi connectivity index (χ2v) is 7.02. The van der Waals surface area contributed by atoms with Crippen molar-refractivity contribution in [1.82, 2.24) is 19.2 Å². The molecule has 4 rings (SSSR count). The van der Waals surface area contributed by atoms with E-state index in [0.717, 1.165) is 30.0 Å². The quantitative estimate of drug-likeness (QED) is 0.766. The Bertz CT molecular complexity index is 947. The number of aromatic nitrogens is 3. The van der Waals surface area contributed by atoms with Crippen LogP contribution in [0.2, 0.25) is 0 Å². The Morgan fingerprint density at radius 3 is 2.52 bits per heavy atom. The van der Waals surface area contributed by atoms with E-state index in [9.17, 15) is 22.8 Å². The van der Waals surface area contributed by atoms with Crippen molar-refractivity contribution in [3.8, 4) is 0 Å². The molecule has 2 aliphatic heterocycles. The normalized spacial score (nSPS) is 19.4. The summed E-state index contributed by atoms with van der Waals surface area (Å²) in [6, 6.07) is 0.566. The summed E-state index contributed by atoms with van der Waals surface area (Å²) in [6.07, 6.45) is 3.71. The highest BCUT2D eigenvalue weighted by Gasteiger charge is 2.34. The van der Waals surface area contributed by atoms with E-state index in [1.807, 2.05) is 0 Å². The van der Waals surface area contributed by atoms with Crippen LogP contribution in [-0.2, 0) is 17.8 Å². The van der Waals surface area contributed by atoms with Gasteiger partial charge in [0.2, 0.25) is 5.91 Å². The molecule has 0 aliphatic carbocycles. The monoisotopic (exact) mass is 380 g/mol. The number of benzene rings is 1. The van der Waals surface area contributed by atoms with Crippen molar-refractivity contribution >= 4 is 5.91 Å². The lowest BCUT2D eigenvalue weighted by Gasteiger charge is -2.27. The molecule has 2 aromatic rings. The lowest BCUT2D eigenvalue weighted by Crippen LogP contribution is -2.41. The van der Waals surface area contributed by atoms with Gasteiger partial charge in [-0.15, -0.1) is 0 Å². The smallest absolute Gasteiger partial charge is 0.341 e. The molecular weight excluding hydrogens is 361 g/mol. The van der Waals surface area contributed by atoms with Gasteiger partial charge in [-0.3, -0.25) is 9.36 Å². The molecule has 1 amide bonds. The predicted molar refractivity (Wildman–Crippen MR) is 89.7 cm³/mol. The van der Waals surface area contributed by atoms with Crippen molar-refractivity contribution in [2.75, 3.05) is 13.1 Å². The average Bonchev–Trinajstić information content (AvgIpc) is 3.28. The van der Waals surface area contributed by atoms with E-state index in [0.29, 0.717) is 37.8 Å². The van der Waals surface area contributed by atoms with Gasteiger partial charge in [0.1, 0.15) is 17.7 Å². The molecule has 6 nitrogen and oxygen atoms in total. The molecule has 1 atom stereocenters. The molecule has 9 heteroatoms. The number of hydrogen-bond donors (Lipinski definition) is 0. The van der Waals surface area contributed by atoms with E-state index < -0.39 is 29.2 Å². The number of amides is 1. The van der Waals surface area contributed by atoms with Crippen LogP contribution in [0.1, 0.15) is 43.1 Å². The maximum absolute atomic E-state index is 13.9. The minimum atomic E-state index is -1.29. The molecule has 1 fully saturated rings. The second-order valence-electron chi connectivity index (χ2n) is 7.02. The molecule has 1 aromatic carbocycles.